The maximum Gasteiger partial charge on any atom is 0.319 e. The number of hydrogen-bond donors (Lipinski definition) is 3. The fourth-order valence-corrected chi connectivity index (χ4v) is 2.30. The second kappa shape index (κ2) is 5.39. The van der Waals surface area contributed by atoms with Crippen LogP contribution < -0.4 is 10.6 Å². The third-order valence-corrected chi connectivity index (χ3v) is 3.91. The van der Waals surface area contributed by atoms with Crippen LogP contribution in [0, 0.1) is 12.8 Å². The van der Waals surface area contributed by atoms with E-state index in [1.807, 2.05) is 26.0 Å². The molecule has 1 aromatic carbocycles. The molecule has 4 nitrogen and oxygen atoms in total. The molecule has 1 unspecified atom stereocenters. The average Bonchev–Trinajstić information content (AvgIpc) is 3.18. The van der Waals surface area contributed by atoms with Gasteiger partial charge in [0.1, 0.15) is 0 Å². The summed E-state index contributed by atoms with van der Waals surface area (Å²) in [6.45, 7) is 3.73. The Morgan fingerprint density at radius 1 is 1.53 bits per heavy atom. The molecule has 0 heterocycles. The summed E-state index contributed by atoms with van der Waals surface area (Å²) in [6.07, 6.45) is 2.09. The second-order valence-electron chi connectivity index (χ2n) is 5.41. The van der Waals surface area contributed by atoms with Gasteiger partial charge in [0.25, 0.3) is 0 Å². The van der Waals surface area contributed by atoms with Crippen molar-refractivity contribution in [3.05, 3.63) is 28.8 Å². The number of anilines is 1. The number of amides is 2. The Kier molecular flexibility index (Phi) is 4.02. The highest BCUT2D eigenvalue weighted by molar-refractivity contribution is 6.33. The zero-order valence-electron chi connectivity index (χ0n) is 11.2. The first kappa shape index (κ1) is 14.2. The van der Waals surface area contributed by atoms with Crippen molar-refractivity contribution in [3.8, 4) is 0 Å². The quantitative estimate of drug-likeness (QED) is 0.795. The van der Waals surface area contributed by atoms with Crippen LogP contribution in [0.1, 0.15) is 25.3 Å². The third kappa shape index (κ3) is 3.39. The predicted octanol–water partition coefficient (Wildman–Crippen LogP) is 2.93. The van der Waals surface area contributed by atoms with Crippen molar-refractivity contribution >= 4 is 23.3 Å². The molecule has 1 atom stereocenters. The number of hydrogen-bond acceptors (Lipinski definition) is 2. The maximum absolute atomic E-state index is 12.0. The van der Waals surface area contributed by atoms with Crippen molar-refractivity contribution in [3.63, 3.8) is 0 Å². The van der Waals surface area contributed by atoms with Gasteiger partial charge < -0.3 is 15.7 Å². The Balaban J connectivity index is 2.02. The molecule has 1 saturated carbocycles. The summed E-state index contributed by atoms with van der Waals surface area (Å²) < 4.78 is 0. The average molecular weight is 283 g/mol. The van der Waals surface area contributed by atoms with Crippen molar-refractivity contribution in [2.45, 2.75) is 32.2 Å². The minimum atomic E-state index is -0.555. The van der Waals surface area contributed by atoms with Crippen LogP contribution in [0.4, 0.5) is 10.5 Å². The molecule has 0 aliphatic heterocycles. The molecule has 1 aliphatic carbocycles. The molecule has 5 heteroatoms. The molecule has 0 bridgehead atoms. The molecule has 3 N–H and O–H groups in total. The predicted molar refractivity (Wildman–Crippen MR) is 76.6 cm³/mol. The van der Waals surface area contributed by atoms with Gasteiger partial charge in [-0.15, -0.1) is 0 Å². The Bertz CT molecular complexity index is 488. The van der Waals surface area contributed by atoms with Gasteiger partial charge >= 0.3 is 6.03 Å². The lowest BCUT2D eigenvalue weighted by atomic mass is 9.97. The van der Waals surface area contributed by atoms with E-state index >= 15 is 0 Å². The number of aliphatic hydroxyl groups is 1. The largest absolute Gasteiger partial charge is 0.394 e. The van der Waals surface area contributed by atoms with Gasteiger partial charge in [0.2, 0.25) is 0 Å². The fourth-order valence-electron chi connectivity index (χ4n) is 2.14. The Morgan fingerprint density at radius 2 is 2.21 bits per heavy atom. The number of carbonyl (C=O) groups excluding carboxylic acids is 1. The molecule has 19 heavy (non-hydrogen) atoms. The lowest BCUT2D eigenvalue weighted by Gasteiger charge is -2.28. The van der Waals surface area contributed by atoms with Crippen molar-refractivity contribution in [1.82, 2.24) is 5.32 Å². The minimum Gasteiger partial charge on any atom is -0.394 e. The molecule has 2 amide bonds. The van der Waals surface area contributed by atoms with Crippen LogP contribution in [-0.4, -0.2) is 23.3 Å². The zero-order valence-corrected chi connectivity index (χ0v) is 11.9. The number of halogens is 1. The van der Waals surface area contributed by atoms with E-state index in [0.29, 0.717) is 16.6 Å². The third-order valence-electron chi connectivity index (χ3n) is 3.58. The summed E-state index contributed by atoms with van der Waals surface area (Å²) in [6, 6.07) is 5.11. The van der Waals surface area contributed by atoms with E-state index in [0.717, 1.165) is 18.4 Å². The van der Waals surface area contributed by atoms with E-state index in [1.54, 1.807) is 6.07 Å². The van der Waals surface area contributed by atoms with E-state index in [4.69, 9.17) is 11.6 Å². The highest BCUT2D eigenvalue weighted by Gasteiger charge is 2.42. The highest BCUT2D eigenvalue weighted by atomic mass is 35.5. The van der Waals surface area contributed by atoms with Crippen LogP contribution >= 0.6 is 11.6 Å². The summed E-state index contributed by atoms with van der Waals surface area (Å²) in [5.74, 6) is 0.358. The van der Waals surface area contributed by atoms with Gasteiger partial charge in [0.05, 0.1) is 22.9 Å². The molecule has 2 rings (SSSR count). The first-order valence-corrected chi connectivity index (χ1v) is 6.78. The van der Waals surface area contributed by atoms with E-state index in [2.05, 4.69) is 10.6 Å². The molecular formula is C14H19ClN2O2. The molecule has 104 valence electrons. The number of rotatable bonds is 4. The molecule has 0 radical (unpaired) electrons. The van der Waals surface area contributed by atoms with Gasteiger partial charge in [-0.3, -0.25) is 0 Å². The van der Waals surface area contributed by atoms with E-state index in [-0.39, 0.29) is 12.6 Å². The Hall–Kier alpha value is -1.26. The van der Waals surface area contributed by atoms with Crippen molar-refractivity contribution < 1.29 is 9.90 Å². The first-order chi connectivity index (χ1) is 8.94. The number of benzene rings is 1. The minimum absolute atomic E-state index is 0.0629. The topological polar surface area (TPSA) is 61.4 Å². The number of aryl methyl sites for hydroxylation is 1. The fraction of sp³-hybridized carbons (Fsp3) is 0.500. The monoisotopic (exact) mass is 282 g/mol. The van der Waals surface area contributed by atoms with Gasteiger partial charge in [-0.05, 0) is 50.3 Å². The molecular weight excluding hydrogens is 264 g/mol. The SMILES string of the molecule is Cc1ccc(Cl)c(NC(=O)NC(C)(CO)C2CC2)c1. The van der Waals surface area contributed by atoms with Crippen molar-refractivity contribution in [2.24, 2.45) is 5.92 Å². The second-order valence-corrected chi connectivity index (χ2v) is 5.82. The van der Waals surface area contributed by atoms with E-state index < -0.39 is 5.54 Å². The van der Waals surface area contributed by atoms with Crippen molar-refractivity contribution in [1.29, 1.82) is 0 Å². The first-order valence-electron chi connectivity index (χ1n) is 6.41. The van der Waals surface area contributed by atoms with Crippen LogP contribution in [0.3, 0.4) is 0 Å². The van der Waals surface area contributed by atoms with Gasteiger partial charge in [-0.1, -0.05) is 17.7 Å². The highest BCUT2D eigenvalue weighted by Crippen LogP contribution is 2.39. The smallest absolute Gasteiger partial charge is 0.319 e. The summed E-state index contributed by atoms with van der Waals surface area (Å²) in [5, 5.41) is 15.5. The van der Waals surface area contributed by atoms with Crippen LogP contribution in [0.25, 0.3) is 0 Å². The van der Waals surface area contributed by atoms with Gasteiger partial charge in [-0.2, -0.15) is 0 Å². The summed E-state index contributed by atoms with van der Waals surface area (Å²) in [7, 11) is 0. The molecule has 0 spiro atoms. The van der Waals surface area contributed by atoms with Crippen molar-refractivity contribution in [2.75, 3.05) is 11.9 Å². The maximum atomic E-state index is 12.0. The molecule has 1 aliphatic rings. The summed E-state index contributed by atoms with van der Waals surface area (Å²) in [5.41, 5.74) is 1.04. The van der Waals surface area contributed by atoms with E-state index in [1.165, 1.54) is 0 Å². The number of urea groups is 1. The van der Waals surface area contributed by atoms with E-state index in [9.17, 15) is 9.90 Å². The zero-order chi connectivity index (χ0) is 14.0. The molecule has 0 aromatic heterocycles. The normalized spacial score (nSPS) is 17.7. The summed E-state index contributed by atoms with van der Waals surface area (Å²) >= 11 is 6.03. The van der Waals surface area contributed by atoms with Crippen LogP contribution in [0.5, 0.6) is 0 Å². The molecule has 1 fully saturated rings. The van der Waals surface area contributed by atoms with Crippen LogP contribution in [0.15, 0.2) is 18.2 Å². The Labute approximate surface area is 118 Å². The Morgan fingerprint density at radius 3 is 2.79 bits per heavy atom. The number of carbonyl (C=O) groups is 1. The van der Waals surface area contributed by atoms with Crippen LogP contribution in [-0.2, 0) is 0 Å². The summed E-state index contributed by atoms with van der Waals surface area (Å²) in [4.78, 5) is 12.0. The molecule has 1 aromatic rings. The lowest BCUT2D eigenvalue weighted by Crippen LogP contribution is -2.52. The van der Waals surface area contributed by atoms with Gasteiger partial charge in [0, 0.05) is 0 Å². The molecule has 0 saturated heterocycles. The van der Waals surface area contributed by atoms with Gasteiger partial charge in [-0.25, -0.2) is 4.79 Å². The van der Waals surface area contributed by atoms with Crippen LogP contribution in [0.2, 0.25) is 5.02 Å². The number of aliphatic hydroxyl groups excluding tert-OH is 1. The number of nitrogens with one attached hydrogen (secondary N) is 2. The standard InChI is InChI=1S/C14H19ClN2O2/c1-9-3-6-11(15)12(7-9)16-13(19)17-14(2,8-18)10-4-5-10/h3,6-7,10,18H,4-5,8H2,1-2H3,(H2,16,17,19). The lowest BCUT2D eigenvalue weighted by molar-refractivity contribution is 0.159. The van der Waals surface area contributed by atoms with Gasteiger partial charge in [0.15, 0.2) is 0 Å².